The third-order valence-corrected chi connectivity index (χ3v) is 5.52. The van der Waals surface area contributed by atoms with E-state index in [0.29, 0.717) is 12.0 Å². The van der Waals surface area contributed by atoms with E-state index in [1.165, 1.54) is 70.9 Å². The maximum atomic E-state index is 9.33. The van der Waals surface area contributed by atoms with Gasteiger partial charge >= 0.3 is 0 Å². The molecular weight excluding hydrogens is 236 g/mol. The Balaban J connectivity index is 1.57. The molecule has 0 atom stereocenters. The number of nitrogens with zero attached hydrogens (tertiary/aromatic N) is 1. The monoisotopic (exact) mass is 266 g/mol. The summed E-state index contributed by atoms with van der Waals surface area (Å²) in [7, 11) is 0. The molecule has 3 fully saturated rings. The molecule has 3 heteroatoms. The van der Waals surface area contributed by atoms with Crippen molar-refractivity contribution in [3.8, 4) is 0 Å². The highest BCUT2D eigenvalue weighted by Crippen LogP contribution is 2.40. The molecule has 0 heterocycles. The average molecular weight is 266 g/mol. The van der Waals surface area contributed by atoms with Gasteiger partial charge in [0, 0.05) is 31.7 Å². The Bertz CT molecular complexity index is 280. The minimum atomic E-state index is 0.322. The first-order valence-electron chi connectivity index (χ1n) is 8.40. The molecule has 0 saturated heterocycles. The highest BCUT2D eigenvalue weighted by molar-refractivity contribution is 4.94. The predicted octanol–water partition coefficient (Wildman–Crippen LogP) is 2.15. The van der Waals surface area contributed by atoms with Crippen LogP contribution in [0, 0.1) is 5.41 Å². The molecule has 110 valence electrons. The summed E-state index contributed by atoms with van der Waals surface area (Å²) in [6.45, 7) is 3.64. The van der Waals surface area contributed by atoms with Gasteiger partial charge in [-0.3, -0.25) is 4.90 Å². The molecule has 0 aromatic rings. The second kappa shape index (κ2) is 6.11. The number of nitrogens with one attached hydrogen (secondary N) is 1. The van der Waals surface area contributed by atoms with Crippen molar-refractivity contribution < 1.29 is 5.11 Å². The van der Waals surface area contributed by atoms with Crippen LogP contribution in [0.1, 0.15) is 57.8 Å². The van der Waals surface area contributed by atoms with Gasteiger partial charge in [0.2, 0.25) is 0 Å². The van der Waals surface area contributed by atoms with Crippen LogP contribution in [0.2, 0.25) is 0 Å². The summed E-state index contributed by atoms with van der Waals surface area (Å²) < 4.78 is 0. The van der Waals surface area contributed by atoms with Gasteiger partial charge in [-0.25, -0.2) is 0 Å². The van der Waals surface area contributed by atoms with Crippen LogP contribution in [-0.2, 0) is 0 Å². The summed E-state index contributed by atoms with van der Waals surface area (Å²) in [6.07, 6.45) is 12.5. The summed E-state index contributed by atoms with van der Waals surface area (Å²) in [6, 6.07) is 1.60. The third-order valence-electron chi connectivity index (χ3n) is 5.52. The third kappa shape index (κ3) is 3.50. The minimum Gasteiger partial charge on any atom is -0.395 e. The number of hydrogen-bond acceptors (Lipinski definition) is 3. The lowest BCUT2D eigenvalue weighted by Crippen LogP contribution is -2.50. The summed E-state index contributed by atoms with van der Waals surface area (Å²) >= 11 is 0. The van der Waals surface area contributed by atoms with Crippen LogP contribution >= 0.6 is 0 Å². The Morgan fingerprint density at radius 3 is 2.32 bits per heavy atom. The Labute approximate surface area is 117 Å². The molecule has 0 unspecified atom stereocenters. The van der Waals surface area contributed by atoms with E-state index < -0.39 is 0 Å². The lowest BCUT2D eigenvalue weighted by molar-refractivity contribution is 0.0537. The molecular formula is C16H30N2O. The fourth-order valence-electron chi connectivity index (χ4n) is 3.87. The standard InChI is InChI=1S/C16H30N2O/c19-11-10-18(15-4-3-5-15)13-16(8-1-2-9-16)12-17-14-6-7-14/h14-15,17,19H,1-13H2. The minimum absolute atomic E-state index is 0.322. The van der Waals surface area contributed by atoms with E-state index in [-0.39, 0.29) is 0 Å². The molecule has 3 aliphatic rings. The molecule has 0 bridgehead atoms. The highest BCUT2D eigenvalue weighted by Gasteiger charge is 2.39. The van der Waals surface area contributed by atoms with E-state index in [1.54, 1.807) is 0 Å². The Morgan fingerprint density at radius 2 is 1.79 bits per heavy atom. The molecule has 0 spiro atoms. The zero-order valence-corrected chi connectivity index (χ0v) is 12.2. The lowest BCUT2D eigenvalue weighted by atomic mass is 9.82. The van der Waals surface area contributed by atoms with Gasteiger partial charge < -0.3 is 10.4 Å². The van der Waals surface area contributed by atoms with Crippen molar-refractivity contribution in [2.24, 2.45) is 5.41 Å². The first kappa shape index (κ1) is 13.8. The normalized spacial score (nSPS) is 26.8. The summed E-state index contributed by atoms with van der Waals surface area (Å²) in [5.41, 5.74) is 0.507. The molecule has 2 N–H and O–H groups in total. The van der Waals surface area contributed by atoms with Gasteiger partial charge in [-0.2, -0.15) is 0 Å². The summed E-state index contributed by atoms with van der Waals surface area (Å²) in [5, 5.41) is 13.1. The highest BCUT2D eigenvalue weighted by atomic mass is 16.3. The Morgan fingerprint density at radius 1 is 1.05 bits per heavy atom. The molecule has 3 saturated carbocycles. The average Bonchev–Trinajstić information content (AvgIpc) is 3.06. The van der Waals surface area contributed by atoms with Crippen LogP contribution in [0.4, 0.5) is 0 Å². The van der Waals surface area contributed by atoms with Gasteiger partial charge in [0.05, 0.1) is 6.61 Å². The van der Waals surface area contributed by atoms with Crippen molar-refractivity contribution in [3.63, 3.8) is 0 Å². The van der Waals surface area contributed by atoms with E-state index in [9.17, 15) is 5.11 Å². The van der Waals surface area contributed by atoms with Gasteiger partial charge in [0.15, 0.2) is 0 Å². The second-order valence-electron chi connectivity index (χ2n) is 7.14. The van der Waals surface area contributed by atoms with Crippen molar-refractivity contribution >= 4 is 0 Å². The van der Waals surface area contributed by atoms with Crippen molar-refractivity contribution in [2.75, 3.05) is 26.2 Å². The zero-order valence-electron chi connectivity index (χ0n) is 12.2. The van der Waals surface area contributed by atoms with Crippen LogP contribution in [0.3, 0.4) is 0 Å². The van der Waals surface area contributed by atoms with Crippen LogP contribution in [0.5, 0.6) is 0 Å². The fourth-order valence-corrected chi connectivity index (χ4v) is 3.87. The molecule has 0 radical (unpaired) electrons. The fraction of sp³-hybridized carbons (Fsp3) is 1.00. The number of hydrogen-bond donors (Lipinski definition) is 2. The van der Waals surface area contributed by atoms with E-state index in [2.05, 4.69) is 10.2 Å². The van der Waals surface area contributed by atoms with Crippen LogP contribution in [-0.4, -0.2) is 48.3 Å². The molecule has 0 amide bonds. The van der Waals surface area contributed by atoms with Gasteiger partial charge in [-0.15, -0.1) is 0 Å². The molecule has 0 aliphatic heterocycles. The van der Waals surface area contributed by atoms with E-state index in [4.69, 9.17) is 0 Å². The smallest absolute Gasteiger partial charge is 0.0558 e. The Kier molecular flexibility index (Phi) is 4.45. The molecule has 3 rings (SSSR count). The van der Waals surface area contributed by atoms with E-state index in [1.807, 2.05) is 0 Å². The number of aliphatic hydroxyl groups is 1. The van der Waals surface area contributed by atoms with Crippen molar-refractivity contribution in [1.82, 2.24) is 10.2 Å². The molecule has 0 aromatic heterocycles. The van der Waals surface area contributed by atoms with Crippen molar-refractivity contribution in [3.05, 3.63) is 0 Å². The van der Waals surface area contributed by atoms with E-state index >= 15 is 0 Å². The largest absolute Gasteiger partial charge is 0.395 e. The maximum Gasteiger partial charge on any atom is 0.0558 e. The summed E-state index contributed by atoms with van der Waals surface area (Å²) in [4.78, 5) is 2.60. The molecule has 19 heavy (non-hydrogen) atoms. The summed E-state index contributed by atoms with van der Waals surface area (Å²) in [5.74, 6) is 0. The van der Waals surface area contributed by atoms with Crippen LogP contribution < -0.4 is 5.32 Å². The van der Waals surface area contributed by atoms with E-state index in [0.717, 1.165) is 18.6 Å². The van der Waals surface area contributed by atoms with Gasteiger partial charge in [-0.05, 0) is 43.9 Å². The topological polar surface area (TPSA) is 35.5 Å². The van der Waals surface area contributed by atoms with Crippen LogP contribution in [0.25, 0.3) is 0 Å². The first-order chi connectivity index (χ1) is 9.31. The molecule has 0 aromatic carbocycles. The van der Waals surface area contributed by atoms with Crippen molar-refractivity contribution in [2.45, 2.75) is 69.9 Å². The van der Waals surface area contributed by atoms with Gasteiger partial charge in [-0.1, -0.05) is 19.3 Å². The molecule has 3 aliphatic carbocycles. The Hall–Kier alpha value is -0.120. The van der Waals surface area contributed by atoms with Crippen molar-refractivity contribution in [1.29, 1.82) is 0 Å². The van der Waals surface area contributed by atoms with Crippen LogP contribution in [0.15, 0.2) is 0 Å². The predicted molar refractivity (Wildman–Crippen MR) is 78.2 cm³/mol. The quantitative estimate of drug-likeness (QED) is 0.706. The lowest BCUT2D eigenvalue weighted by Gasteiger charge is -2.43. The SMILES string of the molecule is OCCN(CC1(CNC2CC2)CCCC1)C1CCC1. The first-order valence-corrected chi connectivity index (χ1v) is 8.40. The number of rotatable bonds is 8. The molecule has 3 nitrogen and oxygen atoms in total. The van der Waals surface area contributed by atoms with Gasteiger partial charge in [0.25, 0.3) is 0 Å². The van der Waals surface area contributed by atoms with Gasteiger partial charge in [0.1, 0.15) is 0 Å². The maximum absolute atomic E-state index is 9.33. The number of aliphatic hydroxyl groups excluding tert-OH is 1. The second-order valence-corrected chi connectivity index (χ2v) is 7.14. The zero-order chi connectivity index (χ0) is 13.1.